The predicted octanol–water partition coefficient (Wildman–Crippen LogP) is 23.4. The highest BCUT2D eigenvalue weighted by atomic mass is 31.2. The van der Waals surface area contributed by atoms with Gasteiger partial charge in [-0.1, -0.05) is 357 Å². The quantitative estimate of drug-likeness (QED) is 0.0222. The molecule has 0 aromatic heterocycles. The molecule has 0 aliphatic rings. The number of ether oxygens (including phenoxy) is 4. The van der Waals surface area contributed by atoms with E-state index < -0.39 is 97.5 Å². The van der Waals surface area contributed by atoms with Crippen LogP contribution in [0.15, 0.2) is 0 Å². The number of unbranched alkanes of at least 4 members (excludes halogenated alkanes) is 45. The fourth-order valence-electron chi connectivity index (χ4n) is 12.1. The van der Waals surface area contributed by atoms with Crippen molar-refractivity contribution in [2.75, 3.05) is 39.6 Å². The second kappa shape index (κ2) is 69.4. The summed E-state index contributed by atoms with van der Waals surface area (Å²) in [7, 11) is -9.91. The lowest BCUT2D eigenvalue weighted by molar-refractivity contribution is -0.161. The van der Waals surface area contributed by atoms with Crippen molar-refractivity contribution >= 4 is 39.5 Å². The first-order valence-corrected chi connectivity index (χ1v) is 43.8. The van der Waals surface area contributed by atoms with Crippen molar-refractivity contribution in [2.24, 2.45) is 17.8 Å². The monoisotopic (exact) mass is 1440 g/mol. The van der Waals surface area contributed by atoms with E-state index in [0.29, 0.717) is 31.6 Å². The minimum Gasteiger partial charge on any atom is -0.462 e. The second-order valence-corrected chi connectivity index (χ2v) is 32.8. The molecule has 0 aliphatic carbocycles. The molecular formula is C79H154O17P2. The van der Waals surface area contributed by atoms with E-state index in [1.54, 1.807) is 0 Å². The number of hydrogen-bond acceptors (Lipinski definition) is 15. The number of aliphatic hydroxyl groups is 1. The van der Waals surface area contributed by atoms with E-state index in [-0.39, 0.29) is 25.7 Å². The maximum absolute atomic E-state index is 13.1. The molecule has 5 atom stereocenters. The van der Waals surface area contributed by atoms with E-state index in [2.05, 4.69) is 48.5 Å². The molecule has 2 unspecified atom stereocenters. The van der Waals surface area contributed by atoms with Gasteiger partial charge in [0.05, 0.1) is 26.4 Å². The fraction of sp³-hybridized carbons (Fsp3) is 0.949. The van der Waals surface area contributed by atoms with Gasteiger partial charge in [-0.3, -0.25) is 37.3 Å². The summed E-state index contributed by atoms with van der Waals surface area (Å²) >= 11 is 0. The van der Waals surface area contributed by atoms with Gasteiger partial charge < -0.3 is 33.8 Å². The number of phosphoric acid groups is 2. The van der Waals surface area contributed by atoms with Crippen LogP contribution in [0.3, 0.4) is 0 Å². The molecule has 0 fully saturated rings. The Hall–Kier alpha value is -1.94. The summed E-state index contributed by atoms with van der Waals surface area (Å²) in [6.07, 6.45) is 57.0. The summed E-state index contributed by atoms with van der Waals surface area (Å²) in [4.78, 5) is 72.9. The van der Waals surface area contributed by atoms with E-state index in [4.69, 9.17) is 37.0 Å². The van der Waals surface area contributed by atoms with Crippen LogP contribution in [0, 0.1) is 17.8 Å². The Balaban J connectivity index is 5.21. The zero-order valence-electron chi connectivity index (χ0n) is 64.3. The van der Waals surface area contributed by atoms with E-state index in [1.165, 1.54) is 212 Å². The maximum Gasteiger partial charge on any atom is 0.472 e. The molecule has 0 bridgehead atoms. The molecule has 0 aliphatic heterocycles. The summed E-state index contributed by atoms with van der Waals surface area (Å²) in [5.74, 6) is 0.202. The third kappa shape index (κ3) is 72.4. The molecule has 0 radical (unpaired) electrons. The molecule has 0 spiro atoms. The van der Waals surface area contributed by atoms with Crippen molar-refractivity contribution < 1.29 is 80.2 Å². The van der Waals surface area contributed by atoms with Gasteiger partial charge in [0, 0.05) is 25.7 Å². The molecule has 0 saturated heterocycles. The Morgan fingerprint density at radius 1 is 0.276 bits per heavy atom. The molecule has 19 heteroatoms. The van der Waals surface area contributed by atoms with Gasteiger partial charge in [-0.25, -0.2) is 9.13 Å². The average Bonchev–Trinajstić information content (AvgIpc) is 0.965. The molecule has 0 heterocycles. The van der Waals surface area contributed by atoms with Gasteiger partial charge >= 0.3 is 39.5 Å². The van der Waals surface area contributed by atoms with E-state index in [1.807, 2.05) is 0 Å². The van der Waals surface area contributed by atoms with Crippen LogP contribution in [0.1, 0.15) is 408 Å². The molecule has 0 saturated carbocycles. The summed E-state index contributed by atoms with van der Waals surface area (Å²) in [6, 6.07) is 0. The van der Waals surface area contributed by atoms with Crippen molar-refractivity contribution in [3.8, 4) is 0 Å². The average molecular weight is 1440 g/mol. The van der Waals surface area contributed by atoms with Crippen LogP contribution in [0.2, 0.25) is 0 Å². The van der Waals surface area contributed by atoms with Crippen LogP contribution in [-0.4, -0.2) is 96.7 Å². The Kier molecular flexibility index (Phi) is 68.1. The van der Waals surface area contributed by atoms with Crippen molar-refractivity contribution in [2.45, 2.75) is 426 Å². The van der Waals surface area contributed by atoms with Crippen molar-refractivity contribution in [3.63, 3.8) is 0 Å². The van der Waals surface area contributed by atoms with Crippen LogP contribution < -0.4 is 0 Å². The van der Waals surface area contributed by atoms with Gasteiger partial charge in [0.25, 0.3) is 0 Å². The van der Waals surface area contributed by atoms with E-state index in [9.17, 15) is 43.2 Å². The van der Waals surface area contributed by atoms with E-state index in [0.717, 1.165) is 108 Å². The van der Waals surface area contributed by atoms with Crippen LogP contribution in [0.4, 0.5) is 0 Å². The Morgan fingerprint density at radius 2 is 0.469 bits per heavy atom. The Labute approximate surface area is 600 Å². The van der Waals surface area contributed by atoms with Gasteiger partial charge in [0.15, 0.2) is 12.2 Å². The zero-order chi connectivity index (χ0) is 72.3. The minimum absolute atomic E-state index is 0.106. The maximum atomic E-state index is 13.1. The molecular weight excluding hydrogens is 1280 g/mol. The standard InChI is InChI=1S/C79H154O17P2/c1-8-9-10-11-12-13-25-33-40-48-55-62-78(83)96-75(67-90-77(82)61-54-47-42-35-38-45-52-59-72(6)7)69-94-98(87,88)92-65-73(80)64-91-97(85,86)93-68-74(66-89-76(81)60-53-46-39-32-28-24-20-22-27-31-37-44-51-58-71(4)5)95-79(84)63-56-49-41-34-29-23-19-17-15-14-16-18-21-26-30-36-43-50-57-70(2)3/h70-75,80H,8-69H2,1-7H3,(H,85,86)(H,87,88)/t73-,74-,75-/m1/s1. The number of esters is 4. The summed E-state index contributed by atoms with van der Waals surface area (Å²) < 4.78 is 68.6. The number of hydrogen-bond donors (Lipinski definition) is 3. The summed E-state index contributed by atoms with van der Waals surface area (Å²) in [5.41, 5.74) is 0. The van der Waals surface area contributed by atoms with Gasteiger partial charge in [-0.05, 0) is 43.4 Å². The lowest BCUT2D eigenvalue weighted by atomic mass is 10.0. The van der Waals surface area contributed by atoms with Crippen LogP contribution >= 0.6 is 15.6 Å². The lowest BCUT2D eigenvalue weighted by Crippen LogP contribution is -2.30. The van der Waals surface area contributed by atoms with Gasteiger partial charge in [0.1, 0.15) is 19.3 Å². The molecule has 0 amide bonds. The first-order chi connectivity index (χ1) is 47.2. The number of phosphoric ester groups is 2. The van der Waals surface area contributed by atoms with Crippen LogP contribution in [0.25, 0.3) is 0 Å². The van der Waals surface area contributed by atoms with E-state index >= 15 is 0 Å². The van der Waals surface area contributed by atoms with Crippen LogP contribution in [0.5, 0.6) is 0 Å². The fourth-order valence-corrected chi connectivity index (χ4v) is 13.7. The number of aliphatic hydroxyl groups excluding tert-OH is 1. The number of carbonyl (C=O) groups excluding carboxylic acids is 4. The minimum atomic E-state index is -4.96. The Morgan fingerprint density at radius 3 is 0.694 bits per heavy atom. The zero-order valence-corrected chi connectivity index (χ0v) is 66.0. The third-order valence-corrected chi connectivity index (χ3v) is 20.3. The topological polar surface area (TPSA) is 237 Å². The van der Waals surface area contributed by atoms with Gasteiger partial charge in [-0.2, -0.15) is 0 Å². The smallest absolute Gasteiger partial charge is 0.462 e. The van der Waals surface area contributed by atoms with Crippen molar-refractivity contribution in [1.82, 2.24) is 0 Å². The SMILES string of the molecule is CCCCCCCCCCCCCC(=O)O[C@H](COC(=O)CCCCCCCCCC(C)C)COP(=O)(O)OC[C@H](O)COP(=O)(O)OC[C@@H](COC(=O)CCCCCCCCCCCCCCCC(C)C)OC(=O)CCCCCCCCCCCCCCCCCCCCC(C)C. The highest BCUT2D eigenvalue weighted by molar-refractivity contribution is 7.47. The molecule has 582 valence electrons. The highest BCUT2D eigenvalue weighted by Crippen LogP contribution is 2.45. The van der Waals surface area contributed by atoms with Crippen molar-refractivity contribution in [1.29, 1.82) is 0 Å². The largest absolute Gasteiger partial charge is 0.472 e. The lowest BCUT2D eigenvalue weighted by Gasteiger charge is -2.21. The van der Waals surface area contributed by atoms with Crippen molar-refractivity contribution in [3.05, 3.63) is 0 Å². The normalized spacial score (nSPS) is 14.0. The first-order valence-electron chi connectivity index (χ1n) is 40.8. The Bertz CT molecular complexity index is 1900. The summed E-state index contributed by atoms with van der Waals surface area (Å²) in [6.45, 7) is 11.9. The highest BCUT2D eigenvalue weighted by Gasteiger charge is 2.30. The summed E-state index contributed by atoms with van der Waals surface area (Å²) in [5, 5.41) is 10.6. The molecule has 98 heavy (non-hydrogen) atoms. The van der Waals surface area contributed by atoms with Gasteiger partial charge in [-0.15, -0.1) is 0 Å². The molecule has 3 N–H and O–H groups in total. The molecule has 0 aromatic rings. The second-order valence-electron chi connectivity index (χ2n) is 29.9. The molecule has 17 nitrogen and oxygen atoms in total. The molecule has 0 aromatic carbocycles. The first kappa shape index (κ1) is 96.1. The van der Waals surface area contributed by atoms with Crippen LogP contribution in [-0.2, 0) is 65.4 Å². The molecule has 0 rings (SSSR count). The number of carbonyl (C=O) groups is 4. The van der Waals surface area contributed by atoms with Gasteiger partial charge in [0.2, 0.25) is 0 Å². The predicted molar refractivity (Wildman–Crippen MR) is 400 cm³/mol. The number of rotatable bonds is 77. The third-order valence-electron chi connectivity index (χ3n) is 18.4.